The van der Waals surface area contributed by atoms with Gasteiger partial charge in [-0.1, -0.05) is 25.7 Å². The van der Waals surface area contributed by atoms with Crippen molar-refractivity contribution in [2.24, 2.45) is 5.41 Å². The van der Waals surface area contributed by atoms with Crippen LogP contribution in [0.2, 0.25) is 0 Å². The third-order valence-corrected chi connectivity index (χ3v) is 6.57. The van der Waals surface area contributed by atoms with Crippen molar-refractivity contribution in [3.63, 3.8) is 0 Å². The molecule has 4 nitrogen and oxygen atoms in total. The second-order valence-electron chi connectivity index (χ2n) is 7.81. The highest BCUT2D eigenvalue weighted by Crippen LogP contribution is 2.54. The van der Waals surface area contributed by atoms with E-state index in [0.717, 1.165) is 26.1 Å². The molecule has 0 aromatic rings. The Kier molecular flexibility index (Phi) is 5.63. The fraction of sp³-hybridized carbons (Fsp3) is 0.947. The van der Waals surface area contributed by atoms with Crippen LogP contribution in [0.4, 0.5) is 0 Å². The van der Waals surface area contributed by atoms with Crippen LogP contribution in [0.3, 0.4) is 0 Å². The van der Waals surface area contributed by atoms with E-state index in [1.165, 1.54) is 51.4 Å². The molecule has 2 aliphatic carbocycles. The van der Waals surface area contributed by atoms with Gasteiger partial charge in [-0.25, -0.2) is 0 Å². The number of hydrogen-bond acceptors (Lipinski definition) is 3. The van der Waals surface area contributed by atoms with Gasteiger partial charge >= 0.3 is 0 Å². The smallest absolute Gasteiger partial charge is 0.237 e. The van der Waals surface area contributed by atoms with E-state index in [1.54, 1.807) is 0 Å². The molecule has 0 unspecified atom stereocenters. The maximum absolute atomic E-state index is 12.8. The molecule has 23 heavy (non-hydrogen) atoms. The number of likely N-dealkylation sites (tertiary alicyclic amines) is 1. The van der Waals surface area contributed by atoms with Gasteiger partial charge in [0.1, 0.15) is 0 Å². The van der Waals surface area contributed by atoms with Crippen LogP contribution in [-0.2, 0) is 9.53 Å². The predicted molar refractivity (Wildman–Crippen MR) is 92.4 cm³/mol. The Bertz CT molecular complexity index is 398. The van der Waals surface area contributed by atoms with Gasteiger partial charge in [-0.05, 0) is 59.0 Å². The van der Waals surface area contributed by atoms with E-state index >= 15 is 0 Å². The maximum Gasteiger partial charge on any atom is 0.237 e. The molecule has 3 atom stereocenters. The van der Waals surface area contributed by atoms with Crippen LogP contribution in [0, 0.1) is 5.41 Å². The first-order valence-corrected chi connectivity index (χ1v) is 9.83. The van der Waals surface area contributed by atoms with E-state index in [-0.39, 0.29) is 17.4 Å². The summed E-state index contributed by atoms with van der Waals surface area (Å²) in [5, 5.41) is 3.39. The minimum Gasteiger partial charge on any atom is -0.378 e. The third-order valence-electron chi connectivity index (χ3n) is 6.57. The summed E-state index contributed by atoms with van der Waals surface area (Å²) in [7, 11) is 0. The Hall–Kier alpha value is -0.610. The number of nitrogens with one attached hydrogen (secondary N) is 1. The summed E-state index contributed by atoms with van der Waals surface area (Å²) in [5.41, 5.74) is 0.240. The van der Waals surface area contributed by atoms with Gasteiger partial charge in [0.2, 0.25) is 5.91 Å². The summed E-state index contributed by atoms with van der Waals surface area (Å²) < 4.78 is 5.96. The fourth-order valence-corrected chi connectivity index (χ4v) is 5.03. The Morgan fingerprint density at radius 2 is 1.83 bits per heavy atom. The highest BCUT2D eigenvalue weighted by molar-refractivity contribution is 5.81. The highest BCUT2D eigenvalue weighted by atomic mass is 16.5. The molecular weight excluding hydrogens is 288 g/mol. The van der Waals surface area contributed by atoms with E-state index in [0.29, 0.717) is 12.1 Å². The molecule has 0 aromatic carbocycles. The van der Waals surface area contributed by atoms with Crippen molar-refractivity contribution in [3.8, 4) is 0 Å². The first-order chi connectivity index (χ1) is 11.2. The van der Waals surface area contributed by atoms with Gasteiger partial charge in [-0.3, -0.25) is 9.69 Å². The number of nitrogens with zero attached hydrogens (tertiary/aromatic N) is 1. The molecule has 3 aliphatic rings. The number of ether oxygens (including phenoxy) is 1. The number of rotatable bonds is 5. The second-order valence-corrected chi connectivity index (χ2v) is 7.81. The second kappa shape index (κ2) is 7.52. The van der Waals surface area contributed by atoms with Crippen molar-refractivity contribution in [1.82, 2.24) is 10.2 Å². The molecule has 4 heteroatoms. The van der Waals surface area contributed by atoms with E-state index in [2.05, 4.69) is 24.1 Å². The lowest BCUT2D eigenvalue weighted by Crippen LogP contribution is -2.65. The van der Waals surface area contributed by atoms with Gasteiger partial charge < -0.3 is 10.1 Å². The van der Waals surface area contributed by atoms with Crippen LogP contribution in [0.15, 0.2) is 0 Å². The molecule has 3 rings (SSSR count). The molecule has 1 amide bonds. The Labute approximate surface area is 141 Å². The summed E-state index contributed by atoms with van der Waals surface area (Å²) >= 11 is 0. The minimum absolute atomic E-state index is 0.0118. The van der Waals surface area contributed by atoms with Crippen molar-refractivity contribution < 1.29 is 9.53 Å². The van der Waals surface area contributed by atoms with E-state index in [4.69, 9.17) is 4.74 Å². The van der Waals surface area contributed by atoms with Crippen molar-refractivity contribution in [2.75, 3.05) is 19.7 Å². The lowest BCUT2D eigenvalue weighted by Gasteiger charge is -2.54. The molecule has 0 bridgehead atoms. The highest BCUT2D eigenvalue weighted by Gasteiger charge is 2.57. The van der Waals surface area contributed by atoms with Crippen molar-refractivity contribution in [3.05, 3.63) is 0 Å². The average molecular weight is 322 g/mol. The van der Waals surface area contributed by atoms with Crippen LogP contribution in [0.5, 0.6) is 0 Å². The van der Waals surface area contributed by atoms with Gasteiger partial charge in [-0.2, -0.15) is 0 Å². The third kappa shape index (κ3) is 3.43. The summed E-state index contributed by atoms with van der Waals surface area (Å²) in [4.78, 5) is 15.1. The van der Waals surface area contributed by atoms with Gasteiger partial charge in [-0.15, -0.1) is 0 Å². The SMILES string of the molecule is CCO[C@@H]1C[C@H](NC(=O)[C@H](C)N2CCCCCC2)C12CCCC2. The monoisotopic (exact) mass is 322 g/mol. The molecular formula is C19H34N2O2. The molecule has 132 valence electrons. The van der Waals surface area contributed by atoms with Crippen LogP contribution in [0.25, 0.3) is 0 Å². The largest absolute Gasteiger partial charge is 0.378 e. The molecule has 0 radical (unpaired) electrons. The van der Waals surface area contributed by atoms with Gasteiger partial charge in [0.25, 0.3) is 0 Å². The molecule has 2 saturated carbocycles. The molecule has 3 fully saturated rings. The minimum atomic E-state index is 0.0118. The normalized spacial score (nSPS) is 32.3. The molecule has 1 spiro atoms. The average Bonchev–Trinajstić information content (AvgIpc) is 2.93. The zero-order valence-corrected chi connectivity index (χ0v) is 15.0. The standard InChI is InChI=1S/C19H34N2O2/c1-3-23-17-14-16(19(17)10-6-7-11-19)20-18(22)15(2)21-12-8-4-5-9-13-21/h15-17H,3-14H2,1-2H3,(H,20,22)/t15-,16-,17+/m0/s1. The van der Waals surface area contributed by atoms with Crippen molar-refractivity contribution in [2.45, 2.75) is 89.8 Å². The number of carbonyl (C=O) groups excluding carboxylic acids is 1. The first-order valence-electron chi connectivity index (χ1n) is 9.83. The van der Waals surface area contributed by atoms with E-state index < -0.39 is 0 Å². The Morgan fingerprint density at radius 3 is 2.43 bits per heavy atom. The summed E-state index contributed by atoms with van der Waals surface area (Å²) in [6.07, 6.45) is 11.5. The van der Waals surface area contributed by atoms with Crippen molar-refractivity contribution in [1.29, 1.82) is 0 Å². The summed E-state index contributed by atoms with van der Waals surface area (Å²) in [5.74, 6) is 0.234. The Morgan fingerprint density at radius 1 is 1.17 bits per heavy atom. The summed E-state index contributed by atoms with van der Waals surface area (Å²) in [6.45, 7) is 7.10. The van der Waals surface area contributed by atoms with Crippen LogP contribution < -0.4 is 5.32 Å². The molecule has 1 saturated heterocycles. The van der Waals surface area contributed by atoms with Gasteiger partial charge in [0.15, 0.2) is 0 Å². The topological polar surface area (TPSA) is 41.6 Å². The number of amides is 1. The lowest BCUT2D eigenvalue weighted by atomic mass is 9.60. The zero-order chi connectivity index (χ0) is 16.3. The van der Waals surface area contributed by atoms with Crippen LogP contribution in [-0.4, -0.2) is 48.7 Å². The quantitative estimate of drug-likeness (QED) is 0.845. The van der Waals surface area contributed by atoms with E-state index in [9.17, 15) is 4.79 Å². The Balaban J connectivity index is 1.56. The summed E-state index contributed by atoms with van der Waals surface area (Å²) in [6, 6.07) is 0.348. The van der Waals surface area contributed by atoms with Gasteiger partial charge in [0, 0.05) is 18.1 Å². The van der Waals surface area contributed by atoms with E-state index in [1.807, 2.05) is 0 Å². The molecule has 1 heterocycles. The molecule has 1 N–H and O–H groups in total. The number of hydrogen-bond donors (Lipinski definition) is 1. The van der Waals surface area contributed by atoms with Crippen LogP contribution in [0.1, 0.15) is 71.6 Å². The predicted octanol–water partition coefficient (Wildman–Crippen LogP) is 3.10. The zero-order valence-electron chi connectivity index (χ0n) is 15.0. The van der Waals surface area contributed by atoms with Gasteiger partial charge in [0.05, 0.1) is 12.1 Å². The fourth-order valence-electron chi connectivity index (χ4n) is 5.03. The maximum atomic E-state index is 12.8. The molecule has 0 aromatic heterocycles. The first kappa shape index (κ1) is 17.2. The number of carbonyl (C=O) groups is 1. The lowest BCUT2D eigenvalue weighted by molar-refractivity contribution is -0.147. The molecule has 1 aliphatic heterocycles. The van der Waals surface area contributed by atoms with Crippen molar-refractivity contribution >= 4 is 5.91 Å². The van der Waals surface area contributed by atoms with Crippen LogP contribution >= 0.6 is 0 Å².